The summed E-state index contributed by atoms with van der Waals surface area (Å²) in [7, 11) is 0. The maximum Gasteiger partial charge on any atom is 0.204 e. The number of nitrogens with one attached hydrogen (secondary N) is 1. The second-order valence-corrected chi connectivity index (χ2v) is 3.17. The number of anilines is 1. The number of nitrogens with zero attached hydrogens (tertiary/aromatic N) is 2. The van der Waals surface area contributed by atoms with Gasteiger partial charge in [0, 0.05) is 0 Å². The number of hydrogen-bond acceptors (Lipinski definition) is 4. The normalized spacial score (nSPS) is 10.5. The first-order valence-corrected chi connectivity index (χ1v) is 5.28. The van der Waals surface area contributed by atoms with Gasteiger partial charge in [-0.15, -0.1) is 0 Å². The maximum absolute atomic E-state index is 11.1. The molecule has 1 aromatic carbocycles. The van der Waals surface area contributed by atoms with Gasteiger partial charge in [0.2, 0.25) is 11.5 Å². The van der Waals surface area contributed by atoms with Crippen molar-refractivity contribution in [1.29, 1.82) is 5.26 Å². The fourth-order valence-electron chi connectivity index (χ4n) is 0.846. The lowest BCUT2D eigenvalue weighted by molar-refractivity contribution is -0.110. The highest BCUT2D eigenvalue weighted by molar-refractivity contribution is 9.09. The summed E-state index contributed by atoms with van der Waals surface area (Å²) in [6, 6.07) is 10.8. The highest BCUT2D eigenvalue weighted by Crippen LogP contribution is 2.04. The van der Waals surface area contributed by atoms with E-state index in [4.69, 9.17) is 5.26 Å². The smallest absolute Gasteiger partial charge is 0.204 e. The molecule has 0 amide bonds. The van der Waals surface area contributed by atoms with Gasteiger partial charge in [0.1, 0.15) is 6.07 Å². The number of alkyl halides is 1. The summed E-state index contributed by atoms with van der Waals surface area (Å²) < 4.78 is 0. The Hall–Kier alpha value is -1.67. The third-order valence-electron chi connectivity index (χ3n) is 1.56. The molecule has 4 nitrogen and oxygen atoms in total. The molecule has 1 N–H and O–H groups in total. The first-order chi connectivity index (χ1) is 7.27. The molecular weight excluding hydrogens is 258 g/mol. The number of carbonyl (C=O) groups excluding carboxylic acids is 1. The van der Waals surface area contributed by atoms with Crippen molar-refractivity contribution in [2.75, 3.05) is 10.8 Å². The van der Waals surface area contributed by atoms with Gasteiger partial charge < -0.3 is 0 Å². The van der Waals surface area contributed by atoms with Crippen molar-refractivity contribution in [2.45, 2.75) is 0 Å². The van der Waals surface area contributed by atoms with Crippen LogP contribution >= 0.6 is 15.9 Å². The van der Waals surface area contributed by atoms with Crippen LogP contribution in [0.5, 0.6) is 0 Å². The summed E-state index contributed by atoms with van der Waals surface area (Å²) in [6.07, 6.45) is 0. The van der Waals surface area contributed by atoms with E-state index in [0.717, 1.165) is 5.69 Å². The van der Waals surface area contributed by atoms with Gasteiger partial charge in [0.25, 0.3) is 0 Å². The van der Waals surface area contributed by atoms with Crippen LogP contribution in [0.25, 0.3) is 0 Å². The van der Waals surface area contributed by atoms with Crippen molar-refractivity contribution in [2.24, 2.45) is 5.10 Å². The summed E-state index contributed by atoms with van der Waals surface area (Å²) in [5.41, 5.74) is 3.22. The molecule has 0 aliphatic rings. The maximum atomic E-state index is 11.1. The summed E-state index contributed by atoms with van der Waals surface area (Å²) in [5, 5.41) is 12.4. The molecule has 5 heteroatoms. The zero-order valence-electron chi connectivity index (χ0n) is 7.77. The number of carbonyl (C=O) groups is 1. The molecule has 1 aromatic rings. The Morgan fingerprint density at radius 3 is 2.67 bits per heavy atom. The average molecular weight is 266 g/mol. The predicted molar refractivity (Wildman–Crippen MR) is 61.9 cm³/mol. The summed E-state index contributed by atoms with van der Waals surface area (Å²) in [4.78, 5) is 11.1. The monoisotopic (exact) mass is 265 g/mol. The SMILES string of the molecule is N#C/C(=N\Nc1ccccc1)C(=O)CBr. The molecule has 1 rings (SSSR count). The van der Waals surface area contributed by atoms with Crippen LogP contribution in [0.15, 0.2) is 35.4 Å². The highest BCUT2D eigenvalue weighted by atomic mass is 79.9. The largest absolute Gasteiger partial charge is 0.291 e. The van der Waals surface area contributed by atoms with Crippen LogP contribution in [-0.4, -0.2) is 16.8 Å². The van der Waals surface area contributed by atoms with Crippen molar-refractivity contribution in [1.82, 2.24) is 0 Å². The third kappa shape index (κ3) is 3.52. The minimum Gasteiger partial charge on any atom is -0.291 e. The van der Waals surface area contributed by atoms with E-state index in [1.807, 2.05) is 18.2 Å². The molecule has 0 saturated heterocycles. The van der Waals surface area contributed by atoms with E-state index in [1.54, 1.807) is 18.2 Å². The van der Waals surface area contributed by atoms with Crippen molar-refractivity contribution in [3.63, 3.8) is 0 Å². The van der Waals surface area contributed by atoms with Crippen LogP contribution in [0.4, 0.5) is 5.69 Å². The molecule has 0 bridgehead atoms. The molecule has 15 heavy (non-hydrogen) atoms. The second kappa shape index (κ2) is 5.94. The fraction of sp³-hybridized carbons (Fsp3) is 0.100. The van der Waals surface area contributed by atoms with Crippen LogP contribution in [0, 0.1) is 11.3 Å². The van der Waals surface area contributed by atoms with Crippen LogP contribution < -0.4 is 5.43 Å². The number of nitriles is 1. The molecule has 0 fully saturated rings. The van der Waals surface area contributed by atoms with Crippen LogP contribution in [0.2, 0.25) is 0 Å². The Bertz CT molecular complexity index is 408. The lowest BCUT2D eigenvalue weighted by atomic mass is 10.3. The Morgan fingerprint density at radius 1 is 1.47 bits per heavy atom. The zero-order chi connectivity index (χ0) is 11.1. The molecule has 0 aliphatic carbocycles. The Balaban J connectivity index is 2.72. The topological polar surface area (TPSA) is 65.2 Å². The fourth-order valence-corrected chi connectivity index (χ4v) is 1.11. The van der Waals surface area contributed by atoms with Gasteiger partial charge in [0.05, 0.1) is 11.0 Å². The first kappa shape index (κ1) is 11.4. The van der Waals surface area contributed by atoms with Gasteiger partial charge in [-0.2, -0.15) is 10.4 Å². The lowest BCUT2D eigenvalue weighted by Gasteiger charge is -1.99. The molecule has 0 saturated carbocycles. The molecule has 0 unspecified atom stereocenters. The molecule has 0 atom stereocenters. The van der Waals surface area contributed by atoms with Crippen LogP contribution in [0.1, 0.15) is 0 Å². The van der Waals surface area contributed by atoms with Gasteiger partial charge in [-0.3, -0.25) is 10.2 Å². The summed E-state index contributed by atoms with van der Waals surface area (Å²) in [5.74, 6) is -0.346. The minimum atomic E-state index is -0.346. The number of Topliss-reactive ketones (excluding diaryl/α,β-unsaturated/α-hetero) is 1. The first-order valence-electron chi connectivity index (χ1n) is 4.16. The van der Waals surface area contributed by atoms with Crippen molar-refractivity contribution < 1.29 is 4.79 Å². The molecule has 0 aliphatic heterocycles. The summed E-state index contributed by atoms with van der Waals surface area (Å²) >= 11 is 2.97. The van der Waals surface area contributed by atoms with Crippen molar-refractivity contribution in [3.05, 3.63) is 30.3 Å². The Labute approximate surface area is 95.7 Å². The second-order valence-electron chi connectivity index (χ2n) is 2.61. The van der Waals surface area contributed by atoms with Gasteiger partial charge in [0.15, 0.2) is 0 Å². The van der Waals surface area contributed by atoms with Crippen LogP contribution in [-0.2, 0) is 4.79 Å². The number of benzene rings is 1. The van der Waals surface area contributed by atoms with E-state index in [-0.39, 0.29) is 16.8 Å². The Kier molecular flexibility index (Phi) is 4.51. The van der Waals surface area contributed by atoms with E-state index in [9.17, 15) is 4.79 Å². The van der Waals surface area contributed by atoms with E-state index in [2.05, 4.69) is 26.5 Å². The van der Waals surface area contributed by atoms with E-state index in [0.29, 0.717) is 0 Å². The number of rotatable bonds is 4. The van der Waals surface area contributed by atoms with Crippen LogP contribution in [0.3, 0.4) is 0 Å². The van der Waals surface area contributed by atoms with Gasteiger partial charge in [-0.1, -0.05) is 34.1 Å². The third-order valence-corrected chi connectivity index (χ3v) is 2.07. The highest BCUT2D eigenvalue weighted by Gasteiger charge is 2.08. The number of ketones is 1. The number of hydrazone groups is 1. The van der Waals surface area contributed by atoms with Crippen molar-refractivity contribution in [3.8, 4) is 6.07 Å². The predicted octanol–water partition coefficient (Wildman–Crippen LogP) is 1.94. The molecule has 0 radical (unpaired) electrons. The number of para-hydroxylation sites is 1. The quantitative estimate of drug-likeness (QED) is 0.514. The number of hydrogen-bond donors (Lipinski definition) is 1. The molecule has 0 spiro atoms. The Morgan fingerprint density at radius 2 is 2.13 bits per heavy atom. The standard InChI is InChI=1S/C10H8BrN3O/c11-6-10(15)9(7-12)14-13-8-4-2-1-3-5-8/h1-5,13H,6H2/b14-9+. The lowest BCUT2D eigenvalue weighted by Crippen LogP contribution is -2.14. The molecule has 76 valence electrons. The van der Waals surface area contributed by atoms with E-state index >= 15 is 0 Å². The van der Waals surface area contributed by atoms with Gasteiger partial charge in [-0.05, 0) is 12.1 Å². The van der Waals surface area contributed by atoms with E-state index in [1.165, 1.54) is 0 Å². The van der Waals surface area contributed by atoms with Gasteiger partial charge in [-0.25, -0.2) is 0 Å². The summed E-state index contributed by atoms with van der Waals surface area (Å²) in [6.45, 7) is 0. The van der Waals surface area contributed by atoms with Gasteiger partial charge >= 0.3 is 0 Å². The number of halogens is 1. The molecule has 0 aromatic heterocycles. The van der Waals surface area contributed by atoms with Crippen molar-refractivity contribution >= 4 is 33.1 Å². The average Bonchev–Trinajstić information content (AvgIpc) is 2.31. The zero-order valence-corrected chi connectivity index (χ0v) is 9.36. The van der Waals surface area contributed by atoms with E-state index < -0.39 is 0 Å². The minimum absolute atomic E-state index is 0.0931. The molecule has 0 heterocycles. The molecular formula is C10H8BrN3O.